The molecule has 0 unspecified atom stereocenters. The van der Waals surface area contributed by atoms with Gasteiger partial charge in [0, 0.05) is 10.2 Å². The number of aromatic hydroxyl groups is 2. The molecule has 0 heterocycles. The second kappa shape index (κ2) is 5.75. The van der Waals surface area contributed by atoms with Crippen LogP contribution in [0.15, 0.2) is 46.9 Å². The number of rotatable bonds is 3. The average molecular weight is 322 g/mol. The molecular formula is C14H12BrNO3. The van der Waals surface area contributed by atoms with Crippen molar-refractivity contribution in [3.8, 4) is 11.5 Å². The van der Waals surface area contributed by atoms with Gasteiger partial charge in [-0.25, -0.2) is 0 Å². The van der Waals surface area contributed by atoms with Crippen molar-refractivity contribution in [3.05, 3.63) is 52.5 Å². The van der Waals surface area contributed by atoms with E-state index in [1.165, 1.54) is 12.1 Å². The van der Waals surface area contributed by atoms with Crippen molar-refractivity contribution in [2.75, 3.05) is 5.32 Å². The molecule has 1 amide bonds. The van der Waals surface area contributed by atoms with Gasteiger partial charge in [0.1, 0.15) is 0 Å². The van der Waals surface area contributed by atoms with Crippen LogP contribution in [0.5, 0.6) is 11.5 Å². The summed E-state index contributed by atoms with van der Waals surface area (Å²) in [5.74, 6) is -0.613. The quantitative estimate of drug-likeness (QED) is 0.761. The third-order valence-electron chi connectivity index (χ3n) is 2.53. The fourth-order valence-electron chi connectivity index (χ4n) is 1.60. The van der Waals surface area contributed by atoms with Crippen LogP contribution in [0.3, 0.4) is 0 Å². The van der Waals surface area contributed by atoms with Crippen LogP contribution < -0.4 is 5.32 Å². The van der Waals surface area contributed by atoms with Gasteiger partial charge in [0.15, 0.2) is 11.5 Å². The molecule has 3 N–H and O–H groups in total. The number of phenols is 2. The maximum absolute atomic E-state index is 11.8. The number of carbonyl (C=O) groups excluding carboxylic acids is 1. The van der Waals surface area contributed by atoms with Gasteiger partial charge in [0.2, 0.25) is 5.91 Å². The minimum atomic E-state index is -0.228. The highest BCUT2D eigenvalue weighted by Gasteiger charge is 2.06. The Morgan fingerprint density at radius 1 is 1.05 bits per heavy atom. The minimum Gasteiger partial charge on any atom is -0.504 e. The molecule has 0 radical (unpaired) electrons. The Kier molecular flexibility index (Phi) is 4.06. The summed E-state index contributed by atoms with van der Waals surface area (Å²) in [6, 6.07) is 11.6. The lowest BCUT2D eigenvalue weighted by atomic mass is 10.1. The van der Waals surface area contributed by atoms with E-state index in [-0.39, 0.29) is 23.8 Å². The van der Waals surface area contributed by atoms with Gasteiger partial charge in [-0.3, -0.25) is 4.79 Å². The molecule has 0 bridgehead atoms. The Balaban J connectivity index is 2.01. The predicted molar refractivity (Wildman–Crippen MR) is 76.2 cm³/mol. The molecule has 0 aliphatic rings. The van der Waals surface area contributed by atoms with Crippen LogP contribution >= 0.6 is 15.9 Å². The molecule has 4 nitrogen and oxygen atoms in total. The van der Waals surface area contributed by atoms with E-state index < -0.39 is 0 Å². The topological polar surface area (TPSA) is 69.6 Å². The molecule has 0 saturated heterocycles. The molecule has 5 heteroatoms. The molecule has 98 valence electrons. The van der Waals surface area contributed by atoms with Gasteiger partial charge >= 0.3 is 0 Å². The van der Waals surface area contributed by atoms with E-state index >= 15 is 0 Å². The number of hydrogen-bond donors (Lipinski definition) is 3. The largest absolute Gasteiger partial charge is 0.504 e. The minimum absolute atomic E-state index is 0.129. The van der Waals surface area contributed by atoms with Gasteiger partial charge in [-0.05, 0) is 42.0 Å². The van der Waals surface area contributed by atoms with Crippen molar-refractivity contribution in [1.29, 1.82) is 0 Å². The zero-order chi connectivity index (χ0) is 13.8. The summed E-state index contributed by atoms with van der Waals surface area (Å²) in [5, 5.41) is 21.3. The first-order valence-corrected chi connectivity index (χ1v) is 6.40. The highest BCUT2D eigenvalue weighted by molar-refractivity contribution is 9.10. The Morgan fingerprint density at radius 2 is 1.74 bits per heavy atom. The number of anilines is 1. The van der Waals surface area contributed by atoms with E-state index in [1.54, 1.807) is 18.2 Å². The average Bonchev–Trinajstić information content (AvgIpc) is 2.37. The van der Waals surface area contributed by atoms with Gasteiger partial charge in [-0.1, -0.05) is 22.0 Å². The van der Waals surface area contributed by atoms with Crippen LogP contribution in [0.1, 0.15) is 5.56 Å². The number of phenolic OH excluding ortho intramolecular Hbond substituents is 2. The lowest BCUT2D eigenvalue weighted by Crippen LogP contribution is -2.14. The van der Waals surface area contributed by atoms with E-state index in [0.717, 1.165) is 4.47 Å². The molecule has 2 rings (SSSR count). The van der Waals surface area contributed by atoms with Crippen LogP contribution in [0.2, 0.25) is 0 Å². The van der Waals surface area contributed by atoms with Crippen LogP contribution in [0, 0.1) is 0 Å². The smallest absolute Gasteiger partial charge is 0.228 e. The Morgan fingerprint density at radius 3 is 2.37 bits per heavy atom. The maximum atomic E-state index is 11.8. The van der Waals surface area contributed by atoms with Crippen molar-refractivity contribution < 1.29 is 15.0 Å². The van der Waals surface area contributed by atoms with Crippen LogP contribution in [-0.2, 0) is 11.2 Å². The van der Waals surface area contributed by atoms with E-state index in [9.17, 15) is 15.0 Å². The number of nitrogens with one attached hydrogen (secondary N) is 1. The Labute approximate surface area is 118 Å². The highest BCUT2D eigenvalue weighted by Crippen LogP contribution is 2.25. The Hall–Kier alpha value is -2.01. The fourth-order valence-corrected chi connectivity index (χ4v) is 1.87. The number of amides is 1. The van der Waals surface area contributed by atoms with Crippen molar-refractivity contribution in [1.82, 2.24) is 0 Å². The second-order valence-electron chi connectivity index (χ2n) is 4.05. The number of carbonyl (C=O) groups is 1. The number of benzene rings is 2. The SMILES string of the molecule is O=C(Cc1ccc(O)c(O)c1)Nc1ccc(Br)cc1. The summed E-state index contributed by atoms with van der Waals surface area (Å²) in [6.07, 6.45) is 0.129. The van der Waals surface area contributed by atoms with Crippen LogP contribution in [0.4, 0.5) is 5.69 Å². The molecule has 0 atom stereocenters. The summed E-state index contributed by atoms with van der Waals surface area (Å²) >= 11 is 3.32. The van der Waals surface area contributed by atoms with Crippen molar-refractivity contribution >= 4 is 27.5 Å². The van der Waals surface area contributed by atoms with Crippen LogP contribution in [0.25, 0.3) is 0 Å². The monoisotopic (exact) mass is 321 g/mol. The normalized spacial score (nSPS) is 10.2. The molecule has 2 aromatic rings. The van der Waals surface area contributed by atoms with E-state index in [1.807, 2.05) is 12.1 Å². The van der Waals surface area contributed by atoms with E-state index in [0.29, 0.717) is 11.3 Å². The fraction of sp³-hybridized carbons (Fsp3) is 0.0714. The molecule has 0 saturated carbocycles. The first-order chi connectivity index (χ1) is 9.04. The summed E-state index contributed by atoms with van der Waals surface area (Å²) in [4.78, 5) is 11.8. The first-order valence-electron chi connectivity index (χ1n) is 5.61. The number of halogens is 1. The third kappa shape index (κ3) is 3.72. The van der Waals surface area contributed by atoms with Crippen LogP contribution in [-0.4, -0.2) is 16.1 Å². The van der Waals surface area contributed by atoms with Gasteiger partial charge in [-0.2, -0.15) is 0 Å². The summed E-state index contributed by atoms with van der Waals surface area (Å²) in [7, 11) is 0. The zero-order valence-corrected chi connectivity index (χ0v) is 11.5. The van der Waals surface area contributed by atoms with Crippen molar-refractivity contribution in [2.45, 2.75) is 6.42 Å². The molecule has 0 spiro atoms. The summed E-state index contributed by atoms with van der Waals surface area (Å²) in [5.41, 5.74) is 1.33. The maximum Gasteiger partial charge on any atom is 0.228 e. The van der Waals surface area contributed by atoms with Gasteiger partial charge in [0.05, 0.1) is 6.42 Å². The highest BCUT2D eigenvalue weighted by atomic mass is 79.9. The van der Waals surface area contributed by atoms with E-state index in [4.69, 9.17) is 0 Å². The standard InChI is InChI=1S/C14H12BrNO3/c15-10-2-4-11(5-3-10)16-14(19)8-9-1-6-12(17)13(18)7-9/h1-7,17-18H,8H2,(H,16,19). The summed E-state index contributed by atoms with van der Waals surface area (Å²) in [6.45, 7) is 0. The summed E-state index contributed by atoms with van der Waals surface area (Å²) < 4.78 is 0.939. The van der Waals surface area contributed by atoms with Crippen molar-refractivity contribution in [3.63, 3.8) is 0 Å². The molecule has 0 aliphatic heterocycles. The second-order valence-corrected chi connectivity index (χ2v) is 4.97. The van der Waals surface area contributed by atoms with Gasteiger partial charge in [0.25, 0.3) is 0 Å². The molecule has 19 heavy (non-hydrogen) atoms. The van der Waals surface area contributed by atoms with Gasteiger partial charge in [-0.15, -0.1) is 0 Å². The van der Waals surface area contributed by atoms with Gasteiger partial charge < -0.3 is 15.5 Å². The Bertz CT molecular complexity index is 596. The molecule has 0 aliphatic carbocycles. The molecule has 0 fully saturated rings. The van der Waals surface area contributed by atoms with E-state index in [2.05, 4.69) is 21.2 Å². The van der Waals surface area contributed by atoms with Crippen molar-refractivity contribution in [2.24, 2.45) is 0 Å². The number of hydrogen-bond acceptors (Lipinski definition) is 3. The molecule has 2 aromatic carbocycles. The molecule has 0 aromatic heterocycles. The first kappa shape index (κ1) is 13.4. The molecular weight excluding hydrogens is 310 g/mol. The zero-order valence-electron chi connectivity index (χ0n) is 9.93. The lowest BCUT2D eigenvalue weighted by Gasteiger charge is -2.06. The predicted octanol–water partition coefficient (Wildman–Crippen LogP) is 3.04. The lowest BCUT2D eigenvalue weighted by molar-refractivity contribution is -0.115. The third-order valence-corrected chi connectivity index (χ3v) is 3.06.